The van der Waals surface area contributed by atoms with Gasteiger partial charge in [-0.3, -0.25) is 14.4 Å². The molecule has 0 saturated carbocycles. The number of aromatic nitrogens is 2. The van der Waals surface area contributed by atoms with E-state index in [2.05, 4.69) is 10.6 Å². The first kappa shape index (κ1) is 23.6. The van der Waals surface area contributed by atoms with Gasteiger partial charge in [-0.1, -0.05) is 12.1 Å². The molecule has 0 spiro atoms. The summed E-state index contributed by atoms with van der Waals surface area (Å²) in [7, 11) is 3.44. The van der Waals surface area contributed by atoms with Gasteiger partial charge in [-0.25, -0.2) is 0 Å². The highest BCUT2D eigenvalue weighted by molar-refractivity contribution is 6.07. The number of nitrogen functional groups attached to an aromatic ring is 1. The van der Waals surface area contributed by atoms with Crippen LogP contribution in [0, 0.1) is 0 Å². The first-order valence-corrected chi connectivity index (χ1v) is 10.4. The fraction of sp³-hybridized carbons (Fsp3) is 0.292. The molecule has 3 rings (SSSR count). The van der Waals surface area contributed by atoms with Gasteiger partial charge in [-0.2, -0.15) is 0 Å². The van der Waals surface area contributed by atoms with Crippen LogP contribution in [-0.2, 0) is 30.0 Å². The molecule has 33 heavy (non-hydrogen) atoms. The van der Waals surface area contributed by atoms with Crippen LogP contribution in [0.4, 0.5) is 17.1 Å². The highest BCUT2D eigenvalue weighted by Gasteiger charge is 2.18. The summed E-state index contributed by atoms with van der Waals surface area (Å²) in [5.74, 6) is -1.02. The third kappa shape index (κ3) is 6.25. The largest absolute Gasteiger partial charge is 0.460 e. The lowest BCUT2D eigenvalue weighted by Gasteiger charge is -2.19. The number of carbonyl (C=O) groups is 3. The Hall–Kier alpha value is -4.01. The summed E-state index contributed by atoms with van der Waals surface area (Å²) in [4.78, 5) is 37.4. The van der Waals surface area contributed by atoms with Gasteiger partial charge in [0, 0.05) is 32.2 Å². The van der Waals surface area contributed by atoms with Crippen molar-refractivity contribution in [2.24, 2.45) is 14.1 Å². The second-order valence-electron chi connectivity index (χ2n) is 8.87. The van der Waals surface area contributed by atoms with Gasteiger partial charge in [0.05, 0.1) is 17.8 Å². The minimum absolute atomic E-state index is 0.102. The van der Waals surface area contributed by atoms with E-state index in [1.165, 1.54) is 0 Å². The van der Waals surface area contributed by atoms with Crippen molar-refractivity contribution in [2.75, 3.05) is 16.4 Å². The molecule has 2 amide bonds. The summed E-state index contributed by atoms with van der Waals surface area (Å²) in [6.07, 6.45) is 3.40. The van der Waals surface area contributed by atoms with Crippen LogP contribution in [-0.4, -0.2) is 32.5 Å². The molecule has 174 valence electrons. The Morgan fingerprint density at radius 1 is 0.909 bits per heavy atom. The molecule has 3 aromatic rings. The van der Waals surface area contributed by atoms with Crippen LogP contribution >= 0.6 is 0 Å². The normalized spacial score (nSPS) is 11.2. The summed E-state index contributed by atoms with van der Waals surface area (Å²) >= 11 is 0. The van der Waals surface area contributed by atoms with Crippen LogP contribution in [0.25, 0.3) is 0 Å². The number of ether oxygens (including phenoxy) is 1. The van der Waals surface area contributed by atoms with E-state index in [1.807, 2.05) is 20.8 Å². The summed E-state index contributed by atoms with van der Waals surface area (Å²) in [6.45, 7) is 5.44. The number of carbonyl (C=O) groups excluding carboxylic acids is 3. The van der Waals surface area contributed by atoms with E-state index in [-0.39, 0.29) is 24.2 Å². The second kappa shape index (κ2) is 9.23. The van der Waals surface area contributed by atoms with E-state index in [9.17, 15) is 14.4 Å². The molecule has 0 unspecified atom stereocenters. The second-order valence-corrected chi connectivity index (χ2v) is 8.87. The number of esters is 1. The summed E-state index contributed by atoms with van der Waals surface area (Å²) in [5, 5.41) is 5.60. The molecule has 0 atom stereocenters. The van der Waals surface area contributed by atoms with Crippen molar-refractivity contribution in [3.05, 3.63) is 65.7 Å². The number of rotatable bonds is 6. The molecule has 0 fully saturated rings. The smallest absolute Gasteiger partial charge is 0.310 e. The van der Waals surface area contributed by atoms with Gasteiger partial charge < -0.3 is 30.2 Å². The number of nitrogens with two attached hydrogens (primary N) is 1. The van der Waals surface area contributed by atoms with Gasteiger partial charge in [-0.05, 0) is 50.6 Å². The van der Waals surface area contributed by atoms with Crippen LogP contribution in [0.2, 0.25) is 0 Å². The van der Waals surface area contributed by atoms with Crippen LogP contribution in [0.15, 0.2) is 48.8 Å². The Morgan fingerprint density at radius 2 is 1.52 bits per heavy atom. The van der Waals surface area contributed by atoms with Crippen molar-refractivity contribution < 1.29 is 19.1 Å². The molecular weight excluding hydrogens is 422 g/mol. The van der Waals surface area contributed by atoms with Crippen molar-refractivity contribution in [2.45, 2.75) is 32.8 Å². The fourth-order valence-electron chi connectivity index (χ4n) is 3.37. The molecular formula is C24H29N5O4. The molecule has 9 heteroatoms. The van der Waals surface area contributed by atoms with Gasteiger partial charge in [0.1, 0.15) is 17.0 Å². The maximum Gasteiger partial charge on any atom is 0.310 e. The predicted octanol–water partition coefficient (Wildman–Crippen LogP) is 3.33. The zero-order chi connectivity index (χ0) is 24.3. The van der Waals surface area contributed by atoms with Gasteiger partial charge in [0.25, 0.3) is 11.8 Å². The molecule has 0 aliphatic heterocycles. The highest BCUT2D eigenvalue weighted by atomic mass is 16.6. The Balaban J connectivity index is 1.67. The van der Waals surface area contributed by atoms with Gasteiger partial charge in [0.2, 0.25) is 0 Å². The molecule has 1 aromatic carbocycles. The van der Waals surface area contributed by atoms with Gasteiger partial charge in [-0.15, -0.1) is 0 Å². The third-order valence-electron chi connectivity index (χ3n) is 4.71. The van der Waals surface area contributed by atoms with E-state index in [1.54, 1.807) is 72.0 Å². The molecule has 2 aromatic heterocycles. The first-order chi connectivity index (χ1) is 15.4. The highest BCUT2D eigenvalue weighted by Crippen LogP contribution is 2.19. The third-order valence-corrected chi connectivity index (χ3v) is 4.71. The molecule has 0 radical (unpaired) electrons. The van der Waals surface area contributed by atoms with Crippen molar-refractivity contribution in [1.82, 2.24) is 9.13 Å². The first-order valence-electron chi connectivity index (χ1n) is 10.4. The lowest BCUT2D eigenvalue weighted by molar-refractivity contribution is -0.153. The SMILES string of the molecule is Cn1cc(N)cc1C(=O)Nc1cc(C(=O)Nc2cccc(CC(=O)OC(C)(C)C)c2)n(C)c1. The number of benzene rings is 1. The molecule has 0 saturated heterocycles. The predicted molar refractivity (Wildman–Crippen MR) is 127 cm³/mol. The van der Waals surface area contributed by atoms with Crippen LogP contribution in [0.5, 0.6) is 0 Å². The zero-order valence-corrected chi connectivity index (χ0v) is 19.4. The van der Waals surface area contributed by atoms with E-state index in [4.69, 9.17) is 10.5 Å². The van der Waals surface area contributed by atoms with Crippen LogP contribution in [0.3, 0.4) is 0 Å². The minimum Gasteiger partial charge on any atom is -0.460 e. The molecule has 4 N–H and O–H groups in total. The quantitative estimate of drug-likeness (QED) is 0.497. The maximum atomic E-state index is 12.8. The topological polar surface area (TPSA) is 120 Å². The van der Waals surface area contributed by atoms with Crippen molar-refractivity contribution >= 4 is 34.8 Å². The number of amides is 2. The lowest BCUT2D eigenvalue weighted by Crippen LogP contribution is -2.24. The molecule has 9 nitrogen and oxygen atoms in total. The van der Waals surface area contributed by atoms with Crippen molar-refractivity contribution in [1.29, 1.82) is 0 Å². The number of aryl methyl sites for hydroxylation is 2. The monoisotopic (exact) mass is 451 g/mol. The van der Waals surface area contributed by atoms with E-state index in [0.717, 1.165) is 5.56 Å². The number of anilines is 3. The zero-order valence-electron chi connectivity index (χ0n) is 19.4. The van der Waals surface area contributed by atoms with Crippen molar-refractivity contribution in [3.63, 3.8) is 0 Å². The maximum absolute atomic E-state index is 12.8. The Labute approximate surface area is 192 Å². The van der Waals surface area contributed by atoms with Crippen LogP contribution < -0.4 is 16.4 Å². The van der Waals surface area contributed by atoms with E-state index in [0.29, 0.717) is 28.5 Å². The van der Waals surface area contributed by atoms with E-state index >= 15 is 0 Å². The average molecular weight is 452 g/mol. The minimum atomic E-state index is -0.560. The number of hydrogen-bond donors (Lipinski definition) is 3. The Kier molecular flexibility index (Phi) is 6.62. The molecule has 2 heterocycles. The number of nitrogens with one attached hydrogen (secondary N) is 2. The van der Waals surface area contributed by atoms with Gasteiger partial charge >= 0.3 is 5.97 Å². The number of hydrogen-bond acceptors (Lipinski definition) is 5. The lowest BCUT2D eigenvalue weighted by atomic mass is 10.1. The molecule has 0 bridgehead atoms. The van der Waals surface area contributed by atoms with Gasteiger partial charge in [0.15, 0.2) is 0 Å². The fourth-order valence-corrected chi connectivity index (χ4v) is 3.37. The van der Waals surface area contributed by atoms with Crippen molar-refractivity contribution in [3.8, 4) is 0 Å². The summed E-state index contributed by atoms with van der Waals surface area (Å²) < 4.78 is 8.60. The van der Waals surface area contributed by atoms with Crippen LogP contribution in [0.1, 0.15) is 47.3 Å². The summed E-state index contributed by atoms with van der Waals surface area (Å²) in [5.41, 5.74) is 8.18. The standard InChI is InChI=1S/C24H29N5O4/c1-24(2,3)33-21(30)10-15-7-6-8-17(9-15)26-23(32)20-12-18(14-29(20)5)27-22(31)19-11-16(25)13-28(19)4/h6-9,11-14H,10,25H2,1-5H3,(H,26,32)(H,27,31). The van der Waals surface area contributed by atoms with E-state index < -0.39 is 5.60 Å². The average Bonchev–Trinajstić information content (AvgIpc) is 3.21. The Morgan fingerprint density at radius 3 is 2.12 bits per heavy atom. The molecule has 0 aliphatic carbocycles. The number of nitrogens with zero attached hydrogens (tertiary/aromatic N) is 2. The summed E-state index contributed by atoms with van der Waals surface area (Å²) in [6, 6.07) is 10.2. The Bertz CT molecular complexity index is 1200. The molecule has 0 aliphatic rings.